The van der Waals surface area contributed by atoms with Crippen molar-refractivity contribution < 1.29 is 14.3 Å². The second kappa shape index (κ2) is 9.44. The first kappa shape index (κ1) is 20.0. The fourth-order valence-electron chi connectivity index (χ4n) is 3.14. The van der Waals surface area contributed by atoms with E-state index in [9.17, 15) is 4.79 Å². The SMILES string of the molecule is CCOC(=O)c1sc(N2CCOCC2)cc1CCCc1ccc(Cl)c(N)c1. The summed E-state index contributed by atoms with van der Waals surface area (Å²) in [5.74, 6) is -0.229. The molecule has 27 heavy (non-hydrogen) atoms. The zero-order chi connectivity index (χ0) is 19.2. The van der Waals surface area contributed by atoms with E-state index in [0.717, 1.165) is 61.7 Å². The molecule has 7 heteroatoms. The summed E-state index contributed by atoms with van der Waals surface area (Å²) < 4.78 is 10.7. The van der Waals surface area contributed by atoms with Gasteiger partial charge in [-0.1, -0.05) is 17.7 Å². The van der Waals surface area contributed by atoms with E-state index < -0.39 is 0 Å². The fourth-order valence-corrected chi connectivity index (χ4v) is 4.41. The molecule has 0 spiro atoms. The molecule has 146 valence electrons. The molecule has 2 aromatic rings. The monoisotopic (exact) mass is 408 g/mol. The minimum Gasteiger partial charge on any atom is -0.462 e. The van der Waals surface area contributed by atoms with Gasteiger partial charge in [0.05, 0.1) is 35.5 Å². The number of esters is 1. The molecule has 0 unspecified atom stereocenters. The third-order valence-electron chi connectivity index (χ3n) is 4.55. The van der Waals surface area contributed by atoms with Crippen molar-refractivity contribution in [1.82, 2.24) is 0 Å². The lowest BCUT2D eigenvalue weighted by Crippen LogP contribution is -2.35. The van der Waals surface area contributed by atoms with Gasteiger partial charge in [-0.25, -0.2) is 4.79 Å². The number of hydrogen-bond acceptors (Lipinski definition) is 6. The number of ether oxygens (including phenoxy) is 2. The number of morpholine rings is 1. The summed E-state index contributed by atoms with van der Waals surface area (Å²) in [5, 5.41) is 1.70. The average molecular weight is 409 g/mol. The van der Waals surface area contributed by atoms with E-state index in [-0.39, 0.29) is 5.97 Å². The number of nitrogen functional groups attached to an aromatic ring is 1. The molecule has 1 aromatic heterocycles. The van der Waals surface area contributed by atoms with Crippen LogP contribution in [0, 0.1) is 0 Å². The third-order valence-corrected chi connectivity index (χ3v) is 6.11. The van der Waals surface area contributed by atoms with Crippen molar-refractivity contribution in [3.05, 3.63) is 45.3 Å². The molecule has 1 fully saturated rings. The highest BCUT2D eigenvalue weighted by Gasteiger charge is 2.21. The highest BCUT2D eigenvalue weighted by Crippen LogP contribution is 2.32. The summed E-state index contributed by atoms with van der Waals surface area (Å²) >= 11 is 7.51. The second-order valence-electron chi connectivity index (χ2n) is 6.47. The predicted octanol–water partition coefficient (Wildman–Crippen LogP) is 4.17. The van der Waals surface area contributed by atoms with Crippen LogP contribution in [0.4, 0.5) is 10.7 Å². The van der Waals surface area contributed by atoms with Crippen LogP contribution < -0.4 is 10.6 Å². The van der Waals surface area contributed by atoms with Crippen molar-refractivity contribution >= 4 is 39.6 Å². The maximum absolute atomic E-state index is 12.4. The quantitative estimate of drug-likeness (QED) is 0.550. The van der Waals surface area contributed by atoms with E-state index in [1.165, 1.54) is 11.3 Å². The Morgan fingerprint density at radius 1 is 1.30 bits per heavy atom. The van der Waals surface area contributed by atoms with Crippen molar-refractivity contribution in [3.8, 4) is 0 Å². The lowest BCUT2D eigenvalue weighted by atomic mass is 10.0. The van der Waals surface area contributed by atoms with Gasteiger partial charge in [0, 0.05) is 13.1 Å². The summed E-state index contributed by atoms with van der Waals surface area (Å²) in [7, 11) is 0. The van der Waals surface area contributed by atoms with Crippen molar-refractivity contribution in [2.45, 2.75) is 26.2 Å². The number of hydrogen-bond donors (Lipinski definition) is 1. The van der Waals surface area contributed by atoms with Crippen LogP contribution in [0.25, 0.3) is 0 Å². The fraction of sp³-hybridized carbons (Fsp3) is 0.450. The molecule has 2 heterocycles. The molecule has 1 aliphatic rings. The Balaban J connectivity index is 1.70. The molecule has 3 rings (SSSR count). The number of anilines is 2. The summed E-state index contributed by atoms with van der Waals surface area (Å²) in [6.07, 6.45) is 2.62. The smallest absolute Gasteiger partial charge is 0.348 e. The molecule has 1 aliphatic heterocycles. The van der Waals surface area contributed by atoms with Gasteiger partial charge < -0.3 is 20.1 Å². The first-order valence-electron chi connectivity index (χ1n) is 9.25. The van der Waals surface area contributed by atoms with Gasteiger partial charge in [-0.3, -0.25) is 0 Å². The van der Waals surface area contributed by atoms with E-state index in [1.54, 1.807) is 0 Å². The maximum Gasteiger partial charge on any atom is 0.348 e. The van der Waals surface area contributed by atoms with Crippen LogP contribution in [0.2, 0.25) is 5.02 Å². The van der Waals surface area contributed by atoms with Crippen molar-refractivity contribution in [2.75, 3.05) is 43.5 Å². The maximum atomic E-state index is 12.4. The van der Waals surface area contributed by atoms with E-state index in [1.807, 2.05) is 25.1 Å². The first-order valence-corrected chi connectivity index (χ1v) is 10.4. The van der Waals surface area contributed by atoms with Gasteiger partial charge in [-0.2, -0.15) is 0 Å². The van der Waals surface area contributed by atoms with Crippen LogP contribution in [-0.4, -0.2) is 38.9 Å². The lowest BCUT2D eigenvalue weighted by molar-refractivity contribution is 0.0531. The molecule has 2 N–H and O–H groups in total. The van der Waals surface area contributed by atoms with Gasteiger partial charge in [0.15, 0.2) is 0 Å². The third kappa shape index (κ3) is 5.15. The Hall–Kier alpha value is -1.76. The lowest BCUT2D eigenvalue weighted by Gasteiger charge is -2.27. The summed E-state index contributed by atoms with van der Waals surface area (Å²) in [6.45, 7) is 5.37. The van der Waals surface area contributed by atoms with Gasteiger partial charge in [-0.15, -0.1) is 11.3 Å². The minimum absolute atomic E-state index is 0.229. The Kier molecular flexibility index (Phi) is 6.99. The molecule has 0 bridgehead atoms. The van der Waals surface area contributed by atoms with Gasteiger partial charge in [-0.05, 0) is 55.5 Å². The molecule has 1 aromatic carbocycles. The van der Waals surface area contributed by atoms with Crippen LogP contribution >= 0.6 is 22.9 Å². The van der Waals surface area contributed by atoms with Crippen LogP contribution in [0.15, 0.2) is 24.3 Å². The largest absolute Gasteiger partial charge is 0.462 e. The Morgan fingerprint density at radius 3 is 2.78 bits per heavy atom. The van der Waals surface area contributed by atoms with Crippen molar-refractivity contribution in [1.29, 1.82) is 0 Å². The van der Waals surface area contributed by atoms with Crippen molar-refractivity contribution in [2.24, 2.45) is 0 Å². The van der Waals surface area contributed by atoms with Crippen LogP contribution in [-0.2, 0) is 22.3 Å². The van der Waals surface area contributed by atoms with E-state index >= 15 is 0 Å². The topological polar surface area (TPSA) is 64.8 Å². The number of aryl methyl sites for hydroxylation is 2. The highest BCUT2D eigenvalue weighted by atomic mass is 35.5. The zero-order valence-electron chi connectivity index (χ0n) is 15.5. The number of carbonyl (C=O) groups is 1. The molecule has 1 saturated heterocycles. The molecule has 0 saturated carbocycles. The van der Waals surface area contributed by atoms with Crippen LogP contribution in [0.3, 0.4) is 0 Å². The number of halogens is 1. The number of carbonyl (C=O) groups excluding carboxylic acids is 1. The van der Waals surface area contributed by atoms with Gasteiger partial charge in [0.1, 0.15) is 4.88 Å². The highest BCUT2D eigenvalue weighted by molar-refractivity contribution is 7.18. The molecule has 5 nitrogen and oxygen atoms in total. The van der Waals surface area contributed by atoms with E-state index in [4.69, 9.17) is 26.8 Å². The summed E-state index contributed by atoms with van der Waals surface area (Å²) in [4.78, 5) is 15.4. The predicted molar refractivity (Wildman–Crippen MR) is 111 cm³/mol. The normalized spacial score (nSPS) is 14.4. The van der Waals surface area contributed by atoms with E-state index in [0.29, 0.717) is 22.2 Å². The Labute approximate surface area is 169 Å². The van der Waals surface area contributed by atoms with Crippen molar-refractivity contribution in [3.63, 3.8) is 0 Å². The number of benzene rings is 1. The van der Waals surface area contributed by atoms with Crippen LogP contribution in [0.1, 0.15) is 34.1 Å². The van der Waals surface area contributed by atoms with E-state index in [2.05, 4.69) is 11.0 Å². The Morgan fingerprint density at radius 2 is 2.07 bits per heavy atom. The summed E-state index contributed by atoms with van der Waals surface area (Å²) in [6, 6.07) is 7.88. The molecular weight excluding hydrogens is 384 g/mol. The zero-order valence-corrected chi connectivity index (χ0v) is 17.1. The standard InChI is InChI=1S/C20H25ClN2O3S/c1-2-26-20(24)19-15(13-18(27-19)23-8-10-25-11-9-23)5-3-4-14-6-7-16(21)17(22)12-14/h6-7,12-13H,2-5,8-11,22H2,1H3. The van der Waals surface area contributed by atoms with Gasteiger partial charge in [0.2, 0.25) is 0 Å². The minimum atomic E-state index is -0.229. The molecule has 0 amide bonds. The molecule has 0 radical (unpaired) electrons. The van der Waals surface area contributed by atoms with Gasteiger partial charge >= 0.3 is 5.97 Å². The number of thiophene rings is 1. The first-order chi connectivity index (χ1) is 13.1. The molecule has 0 atom stereocenters. The summed E-state index contributed by atoms with van der Waals surface area (Å²) in [5.41, 5.74) is 8.69. The number of nitrogens with two attached hydrogens (primary N) is 1. The molecule has 0 aliphatic carbocycles. The van der Waals surface area contributed by atoms with Gasteiger partial charge in [0.25, 0.3) is 0 Å². The number of nitrogens with zero attached hydrogens (tertiary/aromatic N) is 1. The second-order valence-corrected chi connectivity index (χ2v) is 7.91. The number of rotatable bonds is 7. The van der Waals surface area contributed by atoms with Crippen LogP contribution in [0.5, 0.6) is 0 Å². The molecular formula is C20H25ClN2O3S. The Bertz CT molecular complexity index is 788. The average Bonchev–Trinajstić information content (AvgIpc) is 3.10.